The number of aromatic nitrogens is 1. The quantitative estimate of drug-likeness (QED) is 0.657. The number of thiazole rings is 1. The molecule has 0 radical (unpaired) electrons. The van der Waals surface area contributed by atoms with E-state index in [-0.39, 0.29) is 18.2 Å². The van der Waals surface area contributed by atoms with Gasteiger partial charge in [-0.3, -0.25) is 0 Å². The van der Waals surface area contributed by atoms with Crippen molar-refractivity contribution in [1.82, 2.24) is 4.98 Å². The van der Waals surface area contributed by atoms with E-state index < -0.39 is 0 Å². The van der Waals surface area contributed by atoms with E-state index in [0.29, 0.717) is 0 Å². The summed E-state index contributed by atoms with van der Waals surface area (Å²) in [5.74, 6) is -0.248. The van der Waals surface area contributed by atoms with Crippen LogP contribution < -0.4 is 5.32 Å². The van der Waals surface area contributed by atoms with Crippen LogP contribution in [0.25, 0.3) is 17.3 Å². The van der Waals surface area contributed by atoms with E-state index in [4.69, 9.17) is 0 Å². The highest BCUT2D eigenvalue weighted by Gasteiger charge is 2.05. The van der Waals surface area contributed by atoms with Crippen LogP contribution in [0.15, 0.2) is 60.5 Å². The number of hydrogen-bond donors (Lipinski definition) is 1. The lowest BCUT2D eigenvalue weighted by Gasteiger charge is -2.01. The van der Waals surface area contributed by atoms with Crippen LogP contribution in [0.2, 0.25) is 0 Å². The molecule has 3 rings (SSSR count). The molecule has 1 heterocycles. The Morgan fingerprint density at radius 1 is 1.05 bits per heavy atom. The van der Waals surface area contributed by atoms with Crippen molar-refractivity contribution in [2.24, 2.45) is 0 Å². The third kappa shape index (κ3) is 3.72. The molecule has 2 aromatic carbocycles. The summed E-state index contributed by atoms with van der Waals surface area (Å²) in [7, 11) is 0. The highest BCUT2D eigenvalue weighted by atomic mass is 35.5. The first kappa shape index (κ1) is 16.2. The van der Waals surface area contributed by atoms with Crippen molar-refractivity contribution in [3.8, 4) is 11.3 Å². The molecular formula is C17H14ClFN2S. The fourth-order valence-corrected chi connectivity index (χ4v) is 2.65. The molecule has 0 fully saturated rings. The van der Waals surface area contributed by atoms with Gasteiger partial charge in [-0.05, 0) is 29.8 Å². The summed E-state index contributed by atoms with van der Waals surface area (Å²) in [5, 5.41) is 5.95. The van der Waals surface area contributed by atoms with Crippen molar-refractivity contribution in [3.63, 3.8) is 0 Å². The highest BCUT2D eigenvalue weighted by molar-refractivity contribution is 7.14. The fraction of sp³-hybridized carbons (Fsp3) is 0. The molecule has 0 unspecified atom stereocenters. The van der Waals surface area contributed by atoms with Gasteiger partial charge in [-0.25, -0.2) is 9.37 Å². The van der Waals surface area contributed by atoms with Gasteiger partial charge < -0.3 is 5.32 Å². The van der Waals surface area contributed by atoms with Crippen LogP contribution in [-0.2, 0) is 0 Å². The number of nitrogens with zero attached hydrogens (tertiary/aromatic N) is 1. The zero-order chi connectivity index (χ0) is 14.7. The maximum absolute atomic E-state index is 12.9. The minimum atomic E-state index is -0.248. The predicted molar refractivity (Wildman–Crippen MR) is 94.6 cm³/mol. The Hall–Kier alpha value is -2.17. The van der Waals surface area contributed by atoms with Crippen molar-refractivity contribution in [3.05, 3.63) is 71.9 Å². The molecule has 1 aromatic heterocycles. The topological polar surface area (TPSA) is 24.9 Å². The molecule has 0 aliphatic heterocycles. The van der Waals surface area contributed by atoms with Gasteiger partial charge >= 0.3 is 0 Å². The Labute approximate surface area is 138 Å². The molecule has 0 spiro atoms. The van der Waals surface area contributed by atoms with E-state index >= 15 is 0 Å². The second-order valence-electron chi connectivity index (χ2n) is 4.50. The lowest BCUT2D eigenvalue weighted by molar-refractivity contribution is 0.628. The maximum atomic E-state index is 12.9. The summed E-state index contributed by atoms with van der Waals surface area (Å²) >= 11 is 1.52. The first-order valence-corrected chi connectivity index (χ1v) is 7.33. The van der Waals surface area contributed by atoms with Gasteiger partial charge in [0.25, 0.3) is 0 Å². The largest absolute Gasteiger partial charge is 0.332 e. The monoisotopic (exact) mass is 332 g/mol. The summed E-state index contributed by atoms with van der Waals surface area (Å²) in [5.41, 5.74) is 3.88. The van der Waals surface area contributed by atoms with Crippen molar-refractivity contribution in [2.45, 2.75) is 0 Å². The van der Waals surface area contributed by atoms with E-state index in [1.807, 2.05) is 35.7 Å². The third-order valence-electron chi connectivity index (χ3n) is 3.04. The SMILES string of the molecule is C=Cc1ccc(-c2csc(Nc3ccc(F)cc3)n2)cc1.Cl. The first-order valence-electron chi connectivity index (χ1n) is 6.45. The summed E-state index contributed by atoms with van der Waals surface area (Å²) in [6.45, 7) is 3.74. The smallest absolute Gasteiger partial charge is 0.187 e. The average Bonchev–Trinajstić information content (AvgIpc) is 2.98. The first-order chi connectivity index (χ1) is 10.2. The minimum Gasteiger partial charge on any atom is -0.332 e. The second-order valence-corrected chi connectivity index (χ2v) is 5.35. The molecule has 0 saturated carbocycles. The fourth-order valence-electron chi connectivity index (χ4n) is 1.91. The lowest BCUT2D eigenvalue weighted by atomic mass is 10.1. The van der Waals surface area contributed by atoms with E-state index in [1.165, 1.54) is 23.5 Å². The van der Waals surface area contributed by atoms with Crippen LogP contribution in [0.3, 0.4) is 0 Å². The van der Waals surface area contributed by atoms with Gasteiger partial charge in [-0.2, -0.15) is 0 Å². The Morgan fingerprint density at radius 3 is 2.36 bits per heavy atom. The number of halogens is 2. The highest BCUT2D eigenvalue weighted by Crippen LogP contribution is 2.27. The van der Waals surface area contributed by atoms with Gasteiger partial charge in [0, 0.05) is 16.6 Å². The van der Waals surface area contributed by atoms with Gasteiger partial charge in [0.05, 0.1) is 5.69 Å². The Bertz CT molecular complexity index is 751. The van der Waals surface area contributed by atoms with Crippen LogP contribution in [0.4, 0.5) is 15.2 Å². The van der Waals surface area contributed by atoms with Crippen molar-refractivity contribution >= 4 is 40.6 Å². The number of benzene rings is 2. The van der Waals surface area contributed by atoms with Crippen LogP contribution in [-0.4, -0.2) is 4.98 Å². The average molecular weight is 333 g/mol. The van der Waals surface area contributed by atoms with Crippen LogP contribution in [0.1, 0.15) is 5.56 Å². The molecular weight excluding hydrogens is 319 g/mol. The summed E-state index contributed by atoms with van der Waals surface area (Å²) in [6, 6.07) is 14.3. The Kier molecular flexibility index (Phi) is 5.31. The van der Waals surface area contributed by atoms with Gasteiger partial charge in [0.15, 0.2) is 5.13 Å². The van der Waals surface area contributed by atoms with E-state index in [1.54, 1.807) is 12.1 Å². The van der Waals surface area contributed by atoms with Crippen LogP contribution >= 0.6 is 23.7 Å². The summed E-state index contributed by atoms with van der Waals surface area (Å²) in [6.07, 6.45) is 1.81. The molecule has 0 bridgehead atoms. The molecule has 112 valence electrons. The molecule has 0 aliphatic rings. The van der Waals surface area contributed by atoms with Crippen molar-refractivity contribution < 1.29 is 4.39 Å². The molecule has 0 aliphatic carbocycles. The molecule has 22 heavy (non-hydrogen) atoms. The maximum Gasteiger partial charge on any atom is 0.187 e. The zero-order valence-corrected chi connectivity index (χ0v) is 13.3. The molecule has 5 heteroatoms. The molecule has 0 amide bonds. The molecule has 0 saturated heterocycles. The van der Waals surface area contributed by atoms with Crippen molar-refractivity contribution in [1.29, 1.82) is 0 Å². The molecule has 1 N–H and O–H groups in total. The zero-order valence-electron chi connectivity index (χ0n) is 11.6. The number of nitrogens with one attached hydrogen (secondary N) is 1. The van der Waals surface area contributed by atoms with E-state index in [0.717, 1.165) is 27.6 Å². The number of rotatable bonds is 4. The number of hydrogen-bond acceptors (Lipinski definition) is 3. The van der Waals surface area contributed by atoms with Gasteiger partial charge in [0.2, 0.25) is 0 Å². The van der Waals surface area contributed by atoms with Crippen LogP contribution in [0, 0.1) is 5.82 Å². The third-order valence-corrected chi connectivity index (χ3v) is 3.80. The van der Waals surface area contributed by atoms with Crippen molar-refractivity contribution in [2.75, 3.05) is 5.32 Å². The molecule has 2 nitrogen and oxygen atoms in total. The summed E-state index contributed by atoms with van der Waals surface area (Å²) in [4.78, 5) is 4.54. The second kappa shape index (κ2) is 7.20. The standard InChI is InChI=1S/C17H13FN2S.ClH/c1-2-12-3-5-13(6-4-12)16-11-21-17(20-16)19-15-9-7-14(18)8-10-15;/h2-11H,1H2,(H,19,20);1H. The minimum absolute atomic E-state index is 0. The number of anilines is 2. The Morgan fingerprint density at radius 2 is 1.73 bits per heavy atom. The summed E-state index contributed by atoms with van der Waals surface area (Å²) < 4.78 is 12.9. The van der Waals surface area contributed by atoms with E-state index in [9.17, 15) is 4.39 Å². The van der Waals surface area contributed by atoms with E-state index in [2.05, 4.69) is 16.9 Å². The predicted octanol–water partition coefficient (Wildman–Crippen LogP) is 5.76. The van der Waals surface area contributed by atoms with Gasteiger partial charge in [-0.15, -0.1) is 23.7 Å². The van der Waals surface area contributed by atoms with Gasteiger partial charge in [-0.1, -0.05) is 36.9 Å². The molecule has 0 atom stereocenters. The lowest BCUT2D eigenvalue weighted by Crippen LogP contribution is -1.89. The Balaban J connectivity index is 0.00000176. The molecule has 3 aromatic rings. The van der Waals surface area contributed by atoms with Gasteiger partial charge in [0.1, 0.15) is 5.82 Å². The van der Waals surface area contributed by atoms with Crippen LogP contribution in [0.5, 0.6) is 0 Å². The normalized spacial score (nSPS) is 9.86.